The maximum atomic E-state index is 12.4. The molecule has 0 aliphatic heterocycles. The summed E-state index contributed by atoms with van der Waals surface area (Å²) in [6, 6.07) is 16.2. The van der Waals surface area contributed by atoms with Gasteiger partial charge in [0.2, 0.25) is 10.0 Å². The van der Waals surface area contributed by atoms with E-state index in [-0.39, 0.29) is 5.69 Å². The van der Waals surface area contributed by atoms with Crippen molar-refractivity contribution in [2.75, 3.05) is 24.2 Å². The van der Waals surface area contributed by atoms with E-state index in [1.54, 1.807) is 12.1 Å². The molecule has 0 fully saturated rings. The van der Waals surface area contributed by atoms with Gasteiger partial charge in [0.15, 0.2) is 6.10 Å². The second-order valence-electron chi connectivity index (χ2n) is 7.19. The van der Waals surface area contributed by atoms with Gasteiger partial charge in [-0.05, 0) is 42.0 Å². The highest BCUT2D eigenvalue weighted by molar-refractivity contribution is 7.89. The molecule has 11 nitrogen and oxygen atoms in total. The molecular weight excluding hydrogens is 464 g/mol. The van der Waals surface area contributed by atoms with Crippen molar-refractivity contribution in [3.05, 3.63) is 70.8 Å². The molecule has 34 heavy (non-hydrogen) atoms. The molecule has 1 atom stereocenters. The van der Waals surface area contributed by atoms with E-state index >= 15 is 0 Å². The first-order valence-corrected chi connectivity index (χ1v) is 11.5. The van der Waals surface area contributed by atoms with Gasteiger partial charge in [0, 0.05) is 18.8 Å². The summed E-state index contributed by atoms with van der Waals surface area (Å²) < 4.78 is 31.9. The van der Waals surface area contributed by atoms with Crippen molar-refractivity contribution in [3.63, 3.8) is 0 Å². The second-order valence-corrected chi connectivity index (χ2v) is 8.96. The number of nitro groups is 1. The van der Waals surface area contributed by atoms with Crippen molar-refractivity contribution in [2.24, 2.45) is 0 Å². The molecule has 0 aromatic heterocycles. The monoisotopic (exact) mass is 486 g/mol. The third-order valence-corrected chi connectivity index (χ3v) is 6.25. The van der Waals surface area contributed by atoms with Crippen LogP contribution < -0.4 is 15.4 Å². The van der Waals surface area contributed by atoms with Gasteiger partial charge in [-0.2, -0.15) is 4.72 Å². The van der Waals surface area contributed by atoms with Gasteiger partial charge in [-0.3, -0.25) is 19.7 Å². The number of esters is 1. The fourth-order valence-corrected chi connectivity index (χ4v) is 4.07. The van der Waals surface area contributed by atoms with E-state index in [1.807, 2.05) is 35.1 Å². The highest BCUT2D eigenvalue weighted by atomic mass is 32.2. The number of anilines is 2. The predicted molar refractivity (Wildman–Crippen MR) is 126 cm³/mol. The summed E-state index contributed by atoms with van der Waals surface area (Å²) in [5, 5.41) is 18.3. The molecular formula is C22H22N4O7S. The number of hydrogen-bond donors (Lipinski definition) is 3. The number of rotatable bonds is 9. The number of amides is 1. The number of sulfonamides is 1. The number of benzene rings is 3. The minimum Gasteiger partial charge on any atom is -0.452 e. The molecule has 0 aliphatic carbocycles. The first-order chi connectivity index (χ1) is 16.1. The van der Waals surface area contributed by atoms with E-state index in [9.17, 15) is 28.1 Å². The van der Waals surface area contributed by atoms with E-state index in [0.717, 1.165) is 22.9 Å². The highest BCUT2D eigenvalue weighted by Crippen LogP contribution is 2.27. The molecule has 1 unspecified atom stereocenters. The lowest BCUT2D eigenvalue weighted by molar-refractivity contribution is -0.384. The van der Waals surface area contributed by atoms with Crippen LogP contribution in [0.15, 0.2) is 65.6 Å². The second kappa shape index (κ2) is 10.3. The van der Waals surface area contributed by atoms with Gasteiger partial charge in [-0.1, -0.05) is 30.3 Å². The van der Waals surface area contributed by atoms with Crippen LogP contribution >= 0.6 is 0 Å². The van der Waals surface area contributed by atoms with Crippen LogP contribution in [-0.4, -0.2) is 44.9 Å². The molecule has 3 rings (SSSR count). The smallest absolute Gasteiger partial charge is 0.321 e. The Bertz CT molecular complexity index is 1360. The molecule has 1 amide bonds. The van der Waals surface area contributed by atoms with Crippen LogP contribution in [0.5, 0.6) is 0 Å². The molecule has 3 aromatic rings. The Morgan fingerprint density at radius 2 is 1.76 bits per heavy atom. The van der Waals surface area contributed by atoms with Gasteiger partial charge in [-0.15, -0.1) is 0 Å². The van der Waals surface area contributed by atoms with Crippen molar-refractivity contribution in [2.45, 2.75) is 17.9 Å². The van der Waals surface area contributed by atoms with Crippen LogP contribution in [0, 0.1) is 10.1 Å². The van der Waals surface area contributed by atoms with Crippen LogP contribution in [0.3, 0.4) is 0 Å². The Morgan fingerprint density at radius 3 is 2.44 bits per heavy atom. The number of ether oxygens (including phenoxy) is 1. The minimum atomic E-state index is -4.25. The van der Waals surface area contributed by atoms with Crippen LogP contribution in [0.1, 0.15) is 6.92 Å². The Balaban J connectivity index is 1.58. The molecule has 0 spiro atoms. The van der Waals surface area contributed by atoms with E-state index in [4.69, 9.17) is 4.74 Å². The average molecular weight is 487 g/mol. The molecule has 178 valence electrons. The summed E-state index contributed by atoms with van der Waals surface area (Å²) in [5.41, 5.74) is 0.209. The topological polar surface area (TPSA) is 157 Å². The van der Waals surface area contributed by atoms with Crippen molar-refractivity contribution in [3.8, 4) is 0 Å². The van der Waals surface area contributed by atoms with Gasteiger partial charge >= 0.3 is 5.97 Å². The molecule has 0 saturated heterocycles. The van der Waals surface area contributed by atoms with Gasteiger partial charge < -0.3 is 15.4 Å². The van der Waals surface area contributed by atoms with Gasteiger partial charge in [-0.25, -0.2) is 8.42 Å². The largest absolute Gasteiger partial charge is 0.452 e. The summed E-state index contributed by atoms with van der Waals surface area (Å²) in [5.74, 6) is -1.59. The molecule has 3 N–H and O–H groups in total. The molecule has 0 aliphatic rings. The van der Waals surface area contributed by atoms with Crippen LogP contribution in [0.4, 0.5) is 17.1 Å². The first kappa shape index (κ1) is 24.6. The van der Waals surface area contributed by atoms with E-state index in [0.29, 0.717) is 5.69 Å². The van der Waals surface area contributed by atoms with E-state index in [1.165, 1.54) is 20.0 Å². The fourth-order valence-electron chi connectivity index (χ4n) is 3.08. The molecule has 3 aromatic carbocycles. The Kier molecular flexibility index (Phi) is 7.44. The quantitative estimate of drug-likeness (QED) is 0.237. The average Bonchev–Trinajstić information content (AvgIpc) is 2.82. The summed E-state index contributed by atoms with van der Waals surface area (Å²) in [4.78, 5) is 34.5. The molecule has 0 heterocycles. The van der Waals surface area contributed by atoms with E-state index < -0.39 is 50.1 Å². The lowest BCUT2D eigenvalue weighted by Gasteiger charge is -2.14. The number of carbonyl (C=O) groups excluding carboxylic acids is 2. The summed E-state index contributed by atoms with van der Waals surface area (Å²) in [6.45, 7) is 0.583. The minimum absolute atomic E-state index is 0.134. The van der Waals surface area contributed by atoms with E-state index in [2.05, 4.69) is 10.6 Å². The molecule has 0 bridgehead atoms. The lowest BCUT2D eigenvalue weighted by Crippen LogP contribution is -2.35. The third-order valence-electron chi connectivity index (χ3n) is 4.85. The summed E-state index contributed by atoms with van der Waals surface area (Å²) in [7, 11) is -2.78. The Morgan fingerprint density at radius 1 is 1.06 bits per heavy atom. The third kappa shape index (κ3) is 5.85. The fraction of sp³-hybridized carbons (Fsp3) is 0.182. The lowest BCUT2D eigenvalue weighted by atomic mass is 10.1. The van der Waals surface area contributed by atoms with Crippen molar-refractivity contribution in [1.82, 2.24) is 4.72 Å². The van der Waals surface area contributed by atoms with Crippen molar-refractivity contribution >= 4 is 49.7 Å². The zero-order valence-electron chi connectivity index (χ0n) is 18.3. The van der Waals surface area contributed by atoms with Gasteiger partial charge in [0.05, 0.1) is 9.82 Å². The van der Waals surface area contributed by atoms with Crippen LogP contribution in [0.2, 0.25) is 0 Å². The summed E-state index contributed by atoms with van der Waals surface area (Å²) in [6.07, 6.45) is -1.19. The Hall–Kier alpha value is -4.03. The maximum absolute atomic E-state index is 12.4. The SMILES string of the molecule is CNc1ccc(S(=O)(=O)NCC(=O)OC(C)C(=O)Nc2ccc3ccccc3c2)cc1[N+](=O)[O-]. The number of nitro benzene ring substituents is 1. The zero-order chi connectivity index (χ0) is 24.9. The molecule has 12 heteroatoms. The van der Waals surface area contributed by atoms with Crippen LogP contribution in [0.25, 0.3) is 10.8 Å². The van der Waals surface area contributed by atoms with Crippen molar-refractivity contribution < 1.29 is 27.7 Å². The van der Waals surface area contributed by atoms with Gasteiger partial charge in [0.25, 0.3) is 11.6 Å². The highest BCUT2D eigenvalue weighted by Gasteiger charge is 2.23. The molecule has 0 radical (unpaired) electrons. The maximum Gasteiger partial charge on any atom is 0.321 e. The number of nitrogens with one attached hydrogen (secondary N) is 3. The number of hydrogen-bond acceptors (Lipinski definition) is 8. The van der Waals surface area contributed by atoms with Crippen LogP contribution in [-0.2, 0) is 24.3 Å². The number of nitrogens with zero attached hydrogens (tertiary/aromatic N) is 1. The summed E-state index contributed by atoms with van der Waals surface area (Å²) >= 11 is 0. The first-order valence-electron chi connectivity index (χ1n) is 10.1. The number of carbonyl (C=O) groups is 2. The predicted octanol–water partition coefficient (Wildman–Crippen LogP) is 2.64. The Labute approximate surface area is 195 Å². The standard InChI is InChI=1S/C22H22N4O7S/c1-14(22(28)25-17-8-7-15-5-3-4-6-16(15)11-17)33-21(27)13-24-34(31,32)18-9-10-19(23-2)20(12-18)26(29)30/h3-12,14,23-24H,13H2,1-2H3,(H,25,28). The molecule has 0 saturated carbocycles. The normalized spacial score (nSPS) is 12.1. The van der Waals surface area contributed by atoms with Gasteiger partial charge in [0.1, 0.15) is 12.2 Å². The number of fused-ring (bicyclic) bond motifs is 1. The van der Waals surface area contributed by atoms with Crippen molar-refractivity contribution in [1.29, 1.82) is 0 Å². The zero-order valence-corrected chi connectivity index (χ0v) is 19.1.